The number of hydrogen-bond acceptors (Lipinski definition) is 2. The number of hydrogen-bond donors (Lipinski definition) is 1. The van der Waals surface area contributed by atoms with E-state index in [1.165, 1.54) is 0 Å². The summed E-state index contributed by atoms with van der Waals surface area (Å²) in [6.07, 6.45) is 5.19. The molecule has 4 heteroatoms. The van der Waals surface area contributed by atoms with Crippen LogP contribution >= 0.6 is 0 Å². The van der Waals surface area contributed by atoms with Gasteiger partial charge in [0, 0.05) is 18.7 Å². The Kier molecular flexibility index (Phi) is 5.37. The third-order valence-electron chi connectivity index (χ3n) is 4.16. The van der Waals surface area contributed by atoms with Crippen molar-refractivity contribution in [3.63, 3.8) is 0 Å². The van der Waals surface area contributed by atoms with E-state index in [0.29, 0.717) is 0 Å². The zero-order valence-electron chi connectivity index (χ0n) is 12.9. The number of amides is 2. The number of nitrogens with one attached hydrogen (secondary N) is 1. The van der Waals surface area contributed by atoms with Gasteiger partial charge in [-0.1, -0.05) is 38.0 Å². The Morgan fingerprint density at radius 3 is 2.52 bits per heavy atom. The molecule has 1 aromatic rings. The largest absolute Gasteiger partial charge is 0.331 e. The molecule has 0 radical (unpaired) electrons. The van der Waals surface area contributed by atoms with E-state index in [-0.39, 0.29) is 24.4 Å². The summed E-state index contributed by atoms with van der Waals surface area (Å²) in [4.78, 5) is 25.8. The minimum absolute atomic E-state index is 0.0131. The number of aryl methyl sites for hydroxylation is 1. The summed E-state index contributed by atoms with van der Waals surface area (Å²) in [5, 5.41) is 2.94. The zero-order chi connectivity index (χ0) is 15.2. The van der Waals surface area contributed by atoms with Gasteiger partial charge in [-0.25, -0.2) is 0 Å². The lowest BCUT2D eigenvalue weighted by Gasteiger charge is -2.27. The maximum atomic E-state index is 12.2. The number of carbonyl (C=O) groups excluding carboxylic acids is 2. The molecule has 1 aromatic carbocycles. The van der Waals surface area contributed by atoms with Crippen molar-refractivity contribution in [1.29, 1.82) is 0 Å². The first-order valence-corrected chi connectivity index (χ1v) is 7.76. The van der Waals surface area contributed by atoms with Crippen LogP contribution in [0.2, 0.25) is 0 Å². The molecule has 21 heavy (non-hydrogen) atoms. The molecule has 0 atom stereocenters. The first kappa shape index (κ1) is 15.5. The topological polar surface area (TPSA) is 49.4 Å². The molecule has 0 aliphatic heterocycles. The smallest absolute Gasteiger partial charge is 0.244 e. The van der Waals surface area contributed by atoms with E-state index in [9.17, 15) is 9.59 Å². The molecule has 0 bridgehead atoms. The highest BCUT2D eigenvalue weighted by Gasteiger charge is 2.26. The second-order valence-corrected chi connectivity index (χ2v) is 5.64. The fourth-order valence-corrected chi connectivity index (χ4v) is 3.01. The lowest BCUT2D eigenvalue weighted by Crippen LogP contribution is -2.42. The predicted octanol–water partition coefficient (Wildman–Crippen LogP) is 2.98. The molecular formula is C17H24N2O2. The third kappa shape index (κ3) is 4.06. The minimum Gasteiger partial charge on any atom is -0.331 e. The van der Waals surface area contributed by atoms with Crippen molar-refractivity contribution in [2.24, 2.45) is 0 Å². The van der Waals surface area contributed by atoms with Crippen LogP contribution in [0.15, 0.2) is 24.3 Å². The van der Waals surface area contributed by atoms with Gasteiger partial charge in [-0.2, -0.15) is 0 Å². The van der Waals surface area contributed by atoms with Crippen LogP contribution in [0.5, 0.6) is 0 Å². The second kappa shape index (κ2) is 7.25. The van der Waals surface area contributed by atoms with Crippen LogP contribution < -0.4 is 5.32 Å². The summed E-state index contributed by atoms with van der Waals surface area (Å²) in [6.45, 7) is 3.76. The maximum absolute atomic E-state index is 12.2. The molecule has 114 valence electrons. The summed E-state index contributed by atoms with van der Waals surface area (Å²) in [7, 11) is 0. The fraction of sp³-hybridized carbons (Fsp3) is 0.529. The maximum Gasteiger partial charge on any atom is 0.244 e. The van der Waals surface area contributed by atoms with E-state index in [1.54, 1.807) is 11.8 Å². The van der Waals surface area contributed by atoms with Gasteiger partial charge < -0.3 is 10.2 Å². The van der Waals surface area contributed by atoms with E-state index in [4.69, 9.17) is 0 Å². The highest BCUT2D eigenvalue weighted by molar-refractivity contribution is 5.95. The summed E-state index contributed by atoms with van der Waals surface area (Å²) < 4.78 is 0. The number of rotatable bonds is 5. The van der Waals surface area contributed by atoms with Gasteiger partial charge in [0.05, 0.1) is 0 Å². The van der Waals surface area contributed by atoms with E-state index >= 15 is 0 Å². The van der Waals surface area contributed by atoms with Crippen LogP contribution in [0.1, 0.15) is 45.1 Å². The van der Waals surface area contributed by atoms with E-state index in [1.807, 2.05) is 24.3 Å². The van der Waals surface area contributed by atoms with Crippen LogP contribution in [-0.2, 0) is 16.0 Å². The molecular weight excluding hydrogens is 264 g/mol. The molecule has 1 aliphatic rings. The number of para-hydroxylation sites is 1. The van der Waals surface area contributed by atoms with Crippen molar-refractivity contribution in [3.8, 4) is 0 Å². The monoisotopic (exact) mass is 288 g/mol. The van der Waals surface area contributed by atoms with Crippen LogP contribution in [0, 0.1) is 0 Å². The lowest BCUT2D eigenvalue weighted by molar-refractivity contribution is -0.135. The van der Waals surface area contributed by atoms with Crippen LogP contribution in [0.3, 0.4) is 0 Å². The number of nitrogens with zero attached hydrogens (tertiary/aromatic N) is 1. The Hall–Kier alpha value is -1.84. The molecule has 0 saturated heterocycles. The molecule has 0 aromatic heterocycles. The standard InChI is InChI=1S/C17H24N2O2/c1-3-14-8-4-7-11-16(14)18-17(21)12-19(13(2)20)15-9-5-6-10-15/h4,7-8,11,15H,3,5-6,9-10,12H2,1-2H3,(H,18,21). The van der Waals surface area contributed by atoms with Crippen molar-refractivity contribution in [3.05, 3.63) is 29.8 Å². The molecule has 2 amide bonds. The van der Waals surface area contributed by atoms with Crippen molar-refractivity contribution in [2.75, 3.05) is 11.9 Å². The Morgan fingerprint density at radius 1 is 1.24 bits per heavy atom. The van der Waals surface area contributed by atoms with Gasteiger partial charge in [0.2, 0.25) is 11.8 Å². The van der Waals surface area contributed by atoms with Gasteiger partial charge in [-0.05, 0) is 30.9 Å². The molecule has 2 rings (SSSR count). The lowest BCUT2D eigenvalue weighted by atomic mass is 10.1. The Morgan fingerprint density at radius 2 is 1.90 bits per heavy atom. The van der Waals surface area contributed by atoms with Gasteiger partial charge in [0.15, 0.2) is 0 Å². The van der Waals surface area contributed by atoms with E-state index < -0.39 is 0 Å². The average Bonchev–Trinajstić information content (AvgIpc) is 2.99. The molecule has 1 saturated carbocycles. The summed E-state index contributed by atoms with van der Waals surface area (Å²) in [5.74, 6) is -0.126. The zero-order valence-corrected chi connectivity index (χ0v) is 12.9. The summed E-state index contributed by atoms with van der Waals surface area (Å²) in [5.41, 5.74) is 1.96. The first-order chi connectivity index (χ1) is 10.1. The van der Waals surface area contributed by atoms with Gasteiger partial charge in [0.25, 0.3) is 0 Å². The van der Waals surface area contributed by atoms with Crippen molar-refractivity contribution < 1.29 is 9.59 Å². The first-order valence-electron chi connectivity index (χ1n) is 7.76. The Balaban J connectivity index is 2.00. The van der Waals surface area contributed by atoms with Gasteiger partial charge in [0.1, 0.15) is 6.54 Å². The minimum atomic E-state index is -0.113. The van der Waals surface area contributed by atoms with Crippen molar-refractivity contribution >= 4 is 17.5 Å². The number of carbonyl (C=O) groups is 2. The molecule has 0 heterocycles. The highest BCUT2D eigenvalue weighted by Crippen LogP contribution is 2.23. The molecule has 1 N–H and O–H groups in total. The SMILES string of the molecule is CCc1ccccc1NC(=O)CN(C(C)=O)C1CCCC1. The summed E-state index contributed by atoms with van der Waals surface area (Å²) >= 11 is 0. The summed E-state index contributed by atoms with van der Waals surface area (Å²) in [6, 6.07) is 8.03. The number of anilines is 1. The van der Waals surface area contributed by atoms with Crippen LogP contribution in [0.25, 0.3) is 0 Å². The van der Waals surface area contributed by atoms with Gasteiger partial charge >= 0.3 is 0 Å². The Labute approximate surface area is 126 Å². The molecule has 0 unspecified atom stereocenters. The third-order valence-corrected chi connectivity index (χ3v) is 4.16. The normalized spacial score (nSPS) is 15.0. The molecule has 1 fully saturated rings. The quantitative estimate of drug-likeness (QED) is 0.905. The second-order valence-electron chi connectivity index (χ2n) is 5.64. The van der Waals surface area contributed by atoms with Gasteiger partial charge in [-0.15, -0.1) is 0 Å². The van der Waals surface area contributed by atoms with Crippen LogP contribution in [0.4, 0.5) is 5.69 Å². The highest BCUT2D eigenvalue weighted by atomic mass is 16.2. The van der Waals surface area contributed by atoms with Crippen molar-refractivity contribution in [2.45, 2.75) is 52.0 Å². The van der Waals surface area contributed by atoms with E-state index in [0.717, 1.165) is 43.4 Å². The van der Waals surface area contributed by atoms with Crippen molar-refractivity contribution in [1.82, 2.24) is 4.90 Å². The Bertz CT molecular complexity index is 507. The average molecular weight is 288 g/mol. The molecule has 1 aliphatic carbocycles. The fourth-order valence-electron chi connectivity index (χ4n) is 3.01. The molecule has 4 nitrogen and oxygen atoms in total. The van der Waals surface area contributed by atoms with Crippen LogP contribution in [-0.4, -0.2) is 29.3 Å². The number of benzene rings is 1. The predicted molar refractivity (Wildman–Crippen MR) is 84.1 cm³/mol. The van der Waals surface area contributed by atoms with Gasteiger partial charge in [-0.3, -0.25) is 9.59 Å². The molecule has 0 spiro atoms. The van der Waals surface area contributed by atoms with E-state index in [2.05, 4.69) is 12.2 Å².